The van der Waals surface area contributed by atoms with Gasteiger partial charge in [-0.15, -0.1) is 0 Å². The standard InChI is InChI=1S/C15H22N2O/c1-17(11-5-10-16)15(18)14-9-4-7-12-6-2-3-8-13(12)14/h2-3,6,8,14H,4-5,7,9-11,16H2,1H3. The molecule has 1 aromatic rings. The zero-order valence-electron chi connectivity index (χ0n) is 11.1. The molecule has 1 amide bonds. The van der Waals surface area contributed by atoms with E-state index >= 15 is 0 Å². The highest BCUT2D eigenvalue weighted by atomic mass is 16.2. The molecule has 0 aliphatic heterocycles. The highest BCUT2D eigenvalue weighted by Crippen LogP contribution is 2.32. The monoisotopic (exact) mass is 246 g/mol. The first-order valence-corrected chi connectivity index (χ1v) is 6.77. The van der Waals surface area contributed by atoms with E-state index in [-0.39, 0.29) is 11.8 Å². The number of rotatable bonds is 4. The maximum absolute atomic E-state index is 12.5. The van der Waals surface area contributed by atoms with Gasteiger partial charge in [-0.1, -0.05) is 24.3 Å². The molecule has 3 nitrogen and oxygen atoms in total. The van der Waals surface area contributed by atoms with Crippen molar-refractivity contribution in [1.29, 1.82) is 0 Å². The molecule has 0 aromatic heterocycles. The number of benzene rings is 1. The molecule has 1 aliphatic rings. The van der Waals surface area contributed by atoms with E-state index in [0.717, 1.165) is 32.2 Å². The number of likely N-dealkylation sites (N-methyl/N-ethyl adjacent to an activating group) is 1. The molecule has 0 saturated heterocycles. The molecule has 0 heterocycles. The molecule has 2 rings (SSSR count). The molecular weight excluding hydrogens is 224 g/mol. The van der Waals surface area contributed by atoms with Crippen LogP contribution in [0.4, 0.5) is 0 Å². The summed E-state index contributed by atoms with van der Waals surface area (Å²) >= 11 is 0. The lowest BCUT2D eigenvalue weighted by molar-refractivity contribution is -0.131. The Morgan fingerprint density at radius 3 is 3.00 bits per heavy atom. The Morgan fingerprint density at radius 1 is 1.44 bits per heavy atom. The van der Waals surface area contributed by atoms with Crippen molar-refractivity contribution in [3.8, 4) is 0 Å². The van der Waals surface area contributed by atoms with Gasteiger partial charge in [0.1, 0.15) is 0 Å². The minimum Gasteiger partial charge on any atom is -0.345 e. The van der Waals surface area contributed by atoms with Gasteiger partial charge in [0.15, 0.2) is 0 Å². The zero-order valence-corrected chi connectivity index (χ0v) is 11.1. The summed E-state index contributed by atoms with van der Waals surface area (Å²) < 4.78 is 0. The van der Waals surface area contributed by atoms with Crippen LogP contribution in [-0.2, 0) is 11.2 Å². The molecule has 1 aliphatic carbocycles. The van der Waals surface area contributed by atoms with Crippen LogP contribution in [-0.4, -0.2) is 30.9 Å². The molecule has 98 valence electrons. The predicted octanol–water partition coefficient (Wildman–Crippen LogP) is 1.91. The van der Waals surface area contributed by atoms with Crippen molar-refractivity contribution in [2.24, 2.45) is 5.73 Å². The lowest BCUT2D eigenvalue weighted by Crippen LogP contribution is -2.34. The first-order valence-electron chi connectivity index (χ1n) is 6.77. The molecule has 0 bridgehead atoms. The van der Waals surface area contributed by atoms with Crippen LogP contribution in [0.2, 0.25) is 0 Å². The highest BCUT2D eigenvalue weighted by Gasteiger charge is 2.27. The van der Waals surface area contributed by atoms with E-state index in [9.17, 15) is 4.79 Å². The molecule has 3 heteroatoms. The van der Waals surface area contributed by atoms with Crippen molar-refractivity contribution < 1.29 is 4.79 Å². The summed E-state index contributed by atoms with van der Waals surface area (Å²) in [6.45, 7) is 1.40. The van der Waals surface area contributed by atoms with Gasteiger partial charge >= 0.3 is 0 Å². The van der Waals surface area contributed by atoms with Gasteiger partial charge in [-0.2, -0.15) is 0 Å². The Balaban J connectivity index is 2.12. The fourth-order valence-electron chi connectivity index (χ4n) is 2.72. The molecule has 0 spiro atoms. The van der Waals surface area contributed by atoms with E-state index in [0.29, 0.717) is 6.54 Å². The molecule has 0 radical (unpaired) electrons. The topological polar surface area (TPSA) is 46.3 Å². The number of nitrogens with two attached hydrogens (primary N) is 1. The lowest BCUT2D eigenvalue weighted by atomic mass is 9.82. The Labute approximate surface area is 109 Å². The van der Waals surface area contributed by atoms with Gasteiger partial charge in [0.2, 0.25) is 5.91 Å². The van der Waals surface area contributed by atoms with Gasteiger partial charge < -0.3 is 10.6 Å². The van der Waals surface area contributed by atoms with Gasteiger partial charge in [0.25, 0.3) is 0 Å². The number of hydrogen-bond acceptors (Lipinski definition) is 2. The third-order valence-electron chi connectivity index (χ3n) is 3.74. The van der Waals surface area contributed by atoms with Crippen molar-refractivity contribution in [3.63, 3.8) is 0 Å². The van der Waals surface area contributed by atoms with Crippen LogP contribution in [0.25, 0.3) is 0 Å². The van der Waals surface area contributed by atoms with Gasteiger partial charge in [-0.3, -0.25) is 4.79 Å². The van der Waals surface area contributed by atoms with Crippen LogP contribution in [0.15, 0.2) is 24.3 Å². The van der Waals surface area contributed by atoms with Crippen molar-refractivity contribution in [3.05, 3.63) is 35.4 Å². The number of fused-ring (bicyclic) bond motifs is 1. The number of amides is 1. The van der Waals surface area contributed by atoms with E-state index in [1.54, 1.807) is 0 Å². The van der Waals surface area contributed by atoms with Crippen LogP contribution in [0, 0.1) is 0 Å². The summed E-state index contributed by atoms with van der Waals surface area (Å²) in [6, 6.07) is 8.34. The summed E-state index contributed by atoms with van der Waals surface area (Å²) in [5.74, 6) is 0.299. The van der Waals surface area contributed by atoms with Crippen LogP contribution in [0.1, 0.15) is 36.3 Å². The molecule has 1 unspecified atom stereocenters. The van der Waals surface area contributed by atoms with Crippen molar-refractivity contribution >= 4 is 5.91 Å². The predicted molar refractivity (Wildman–Crippen MR) is 73.4 cm³/mol. The molecule has 1 aromatic carbocycles. The quantitative estimate of drug-likeness (QED) is 0.882. The second kappa shape index (κ2) is 6.01. The number of carbonyl (C=O) groups is 1. The SMILES string of the molecule is CN(CCCN)C(=O)C1CCCc2ccccc21. The van der Waals surface area contributed by atoms with Crippen LogP contribution >= 0.6 is 0 Å². The normalized spacial score (nSPS) is 18.2. The number of nitrogens with zero attached hydrogens (tertiary/aromatic N) is 1. The average Bonchev–Trinajstić information content (AvgIpc) is 2.43. The Morgan fingerprint density at radius 2 is 2.22 bits per heavy atom. The maximum Gasteiger partial charge on any atom is 0.229 e. The van der Waals surface area contributed by atoms with E-state index in [4.69, 9.17) is 5.73 Å². The molecule has 18 heavy (non-hydrogen) atoms. The zero-order chi connectivity index (χ0) is 13.0. The third kappa shape index (κ3) is 2.72. The molecule has 0 fully saturated rings. The number of aryl methyl sites for hydroxylation is 1. The van der Waals surface area contributed by atoms with Crippen molar-refractivity contribution in [2.45, 2.75) is 31.6 Å². The minimum absolute atomic E-state index is 0.0534. The summed E-state index contributed by atoms with van der Waals surface area (Å²) in [5, 5.41) is 0. The Hall–Kier alpha value is -1.35. The Kier molecular flexibility index (Phi) is 4.37. The van der Waals surface area contributed by atoms with Crippen molar-refractivity contribution in [2.75, 3.05) is 20.1 Å². The maximum atomic E-state index is 12.5. The second-order valence-corrected chi connectivity index (χ2v) is 5.05. The molecule has 1 atom stereocenters. The molecule has 0 saturated carbocycles. The fraction of sp³-hybridized carbons (Fsp3) is 0.533. The van der Waals surface area contributed by atoms with Gasteiger partial charge in [-0.25, -0.2) is 0 Å². The van der Waals surface area contributed by atoms with Gasteiger partial charge in [0, 0.05) is 13.6 Å². The summed E-state index contributed by atoms with van der Waals surface area (Å²) in [7, 11) is 1.88. The highest BCUT2D eigenvalue weighted by molar-refractivity contribution is 5.84. The molecule has 2 N–H and O–H groups in total. The number of carbonyl (C=O) groups excluding carboxylic acids is 1. The molecular formula is C15H22N2O. The minimum atomic E-state index is 0.0534. The van der Waals surface area contributed by atoms with Crippen LogP contribution in [0.5, 0.6) is 0 Å². The number of hydrogen-bond donors (Lipinski definition) is 1. The van der Waals surface area contributed by atoms with Gasteiger partial charge in [-0.05, 0) is 43.4 Å². The lowest BCUT2D eigenvalue weighted by Gasteiger charge is -2.28. The van der Waals surface area contributed by atoms with E-state index in [2.05, 4.69) is 18.2 Å². The van der Waals surface area contributed by atoms with Crippen molar-refractivity contribution in [1.82, 2.24) is 4.90 Å². The first kappa shape index (κ1) is 13.1. The second-order valence-electron chi connectivity index (χ2n) is 5.05. The summed E-state index contributed by atoms with van der Waals surface area (Å²) in [6.07, 6.45) is 4.06. The van der Waals surface area contributed by atoms with Crippen LogP contribution in [0.3, 0.4) is 0 Å². The van der Waals surface area contributed by atoms with Crippen LogP contribution < -0.4 is 5.73 Å². The largest absolute Gasteiger partial charge is 0.345 e. The third-order valence-corrected chi connectivity index (χ3v) is 3.74. The van der Waals surface area contributed by atoms with E-state index < -0.39 is 0 Å². The summed E-state index contributed by atoms with van der Waals surface area (Å²) in [5.41, 5.74) is 8.07. The van der Waals surface area contributed by atoms with E-state index in [1.807, 2.05) is 18.0 Å². The van der Waals surface area contributed by atoms with Gasteiger partial charge in [0.05, 0.1) is 5.92 Å². The smallest absolute Gasteiger partial charge is 0.229 e. The average molecular weight is 246 g/mol. The van der Waals surface area contributed by atoms with E-state index in [1.165, 1.54) is 11.1 Å². The fourth-order valence-corrected chi connectivity index (χ4v) is 2.72. The Bertz CT molecular complexity index is 417. The first-order chi connectivity index (χ1) is 8.74. The summed E-state index contributed by atoms with van der Waals surface area (Å²) in [4.78, 5) is 14.3.